The maximum absolute atomic E-state index is 12.6. The van der Waals surface area contributed by atoms with Crippen LogP contribution in [0.2, 0.25) is 0 Å². The van der Waals surface area contributed by atoms with E-state index in [2.05, 4.69) is 28.6 Å². The summed E-state index contributed by atoms with van der Waals surface area (Å²) in [6, 6.07) is -4.70. The number of nitrogens with one attached hydrogen (secondary N) is 3. The van der Waals surface area contributed by atoms with Crippen molar-refractivity contribution in [3.05, 3.63) is 0 Å². The van der Waals surface area contributed by atoms with Gasteiger partial charge in [0.05, 0.1) is 12.5 Å². The number of hydrogen-bond acceptors (Lipinski definition) is 7. The normalized spacial score (nSPS) is 16.0. The van der Waals surface area contributed by atoms with E-state index >= 15 is 0 Å². The summed E-state index contributed by atoms with van der Waals surface area (Å²) in [5.74, 6) is -5.53. The lowest BCUT2D eigenvalue weighted by Gasteiger charge is -2.28. The highest BCUT2D eigenvalue weighted by atomic mass is 32.1. The average molecular weight is 449 g/mol. The van der Waals surface area contributed by atoms with Gasteiger partial charge in [0, 0.05) is 5.75 Å². The summed E-state index contributed by atoms with van der Waals surface area (Å²) in [5, 5.41) is 25.3. The Balaban J connectivity index is 5.23. The SMILES string of the molecule is CCC(C)C(NC(=O)C(NC(=O)C(CS)NC(=O)C(N)CC(=O)O)C(C)C)C(=O)O. The van der Waals surface area contributed by atoms with E-state index in [0.29, 0.717) is 6.42 Å². The number of carboxylic acids is 2. The fourth-order valence-electron chi connectivity index (χ4n) is 2.47. The highest BCUT2D eigenvalue weighted by Gasteiger charge is 2.33. The smallest absolute Gasteiger partial charge is 0.326 e. The molecule has 5 unspecified atom stereocenters. The zero-order valence-corrected chi connectivity index (χ0v) is 18.4. The van der Waals surface area contributed by atoms with Crippen molar-refractivity contribution in [2.75, 3.05) is 5.75 Å². The Labute approximate surface area is 180 Å². The van der Waals surface area contributed by atoms with Crippen LogP contribution in [-0.2, 0) is 24.0 Å². The van der Waals surface area contributed by atoms with E-state index in [1.165, 1.54) is 0 Å². The molecule has 0 aromatic rings. The molecule has 0 spiro atoms. The number of amides is 3. The third-order valence-electron chi connectivity index (χ3n) is 4.57. The third kappa shape index (κ3) is 8.99. The summed E-state index contributed by atoms with van der Waals surface area (Å²) in [6.07, 6.45) is -0.0870. The Morgan fingerprint density at radius 2 is 1.43 bits per heavy atom. The van der Waals surface area contributed by atoms with Crippen molar-refractivity contribution in [2.45, 2.75) is 64.7 Å². The molecule has 30 heavy (non-hydrogen) atoms. The van der Waals surface area contributed by atoms with Gasteiger partial charge in [0.15, 0.2) is 0 Å². The lowest BCUT2D eigenvalue weighted by Crippen LogP contribution is -2.59. The first-order chi connectivity index (χ1) is 13.8. The van der Waals surface area contributed by atoms with Crippen molar-refractivity contribution in [1.82, 2.24) is 16.0 Å². The number of carboxylic acid groups (broad SMARTS) is 2. The van der Waals surface area contributed by atoms with Crippen LogP contribution in [0.5, 0.6) is 0 Å². The van der Waals surface area contributed by atoms with E-state index in [0.717, 1.165) is 0 Å². The van der Waals surface area contributed by atoms with Crippen LogP contribution in [0.4, 0.5) is 0 Å². The van der Waals surface area contributed by atoms with Crippen molar-refractivity contribution >= 4 is 42.3 Å². The highest BCUT2D eigenvalue weighted by molar-refractivity contribution is 7.80. The molecule has 0 aliphatic heterocycles. The maximum Gasteiger partial charge on any atom is 0.326 e. The minimum absolute atomic E-state index is 0.131. The number of rotatable bonds is 13. The van der Waals surface area contributed by atoms with E-state index in [9.17, 15) is 29.1 Å². The molecule has 0 aromatic heterocycles. The van der Waals surface area contributed by atoms with Gasteiger partial charge in [-0.3, -0.25) is 19.2 Å². The van der Waals surface area contributed by atoms with Crippen LogP contribution in [0.3, 0.4) is 0 Å². The second-order valence-corrected chi connectivity index (χ2v) is 7.75. The molecule has 12 heteroatoms. The number of aliphatic carboxylic acids is 2. The molecule has 5 atom stereocenters. The fourth-order valence-corrected chi connectivity index (χ4v) is 2.73. The van der Waals surface area contributed by atoms with E-state index in [-0.39, 0.29) is 17.6 Å². The van der Waals surface area contributed by atoms with Crippen LogP contribution in [-0.4, -0.2) is 69.8 Å². The molecule has 0 heterocycles. The summed E-state index contributed by atoms with van der Waals surface area (Å²) < 4.78 is 0. The summed E-state index contributed by atoms with van der Waals surface area (Å²) >= 11 is 4.00. The van der Waals surface area contributed by atoms with E-state index in [1.807, 2.05) is 0 Å². The molecule has 11 nitrogen and oxygen atoms in total. The van der Waals surface area contributed by atoms with Crippen LogP contribution in [0, 0.1) is 11.8 Å². The molecular weight excluding hydrogens is 416 g/mol. The van der Waals surface area contributed by atoms with Gasteiger partial charge in [0.25, 0.3) is 0 Å². The van der Waals surface area contributed by atoms with Gasteiger partial charge in [-0.2, -0.15) is 12.6 Å². The number of carbonyl (C=O) groups is 5. The second-order valence-electron chi connectivity index (χ2n) is 7.39. The molecule has 7 N–H and O–H groups in total. The summed E-state index contributed by atoms with van der Waals surface area (Å²) in [5.41, 5.74) is 5.47. The lowest BCUT2D eigenvalue weighted by molar-refractivity contribution is -0.144. The molecule has 0 fully saturated rings. The van der Waals surface area contributed by atoms with Crippen LogP contribution in [0.1, 0.15) is 40.5 Å². The van der Waals surface area contributed by atoms with Crippen LogP contribution in [0.25, 0.3) is 0 Å². The number of carbonyl (C=O) groups excluding carboxylic acids is 3. The first-order valence-corrected chi connectivity index (χ1v) is 10.2. The molecule has 0 radical (unpaired) electrons. The molecule has 172 valence electrons. The zero-order chi connectivity index (χ0) is 23.6. The van der Waals surface area contributed by atoms with E-state index in [1.54, 1.807) is 27.7 Å². The second kappa shape index (κ2) is 13.1. The van der Waals surface area contributed by atoms with Crippen molar-refractivity contribution in [3.8, 4) is 0 Å². The fraction of sp³-hybridized carbons (Fsp3) is 0.722. The molecule has 0 aliphatic rings. The van der Waals surface area contributed by atoms with Crippen molar-refractivity contribution < 1.29 is 34.2 Å². The largest absolute Gasteiger partial charge is 0.481 e. The van der Waals surface area contributed by atoms with Crippen LogP contribution in [0.15, 0.2) is 0 Å². The average Bonchev–Trinajstić information content (AvgIpc) is 2.65. The molecule has 3 amide bonds. The van der Waals surface area contributed by atoms with Gasteiger partial charge in [-0.05, 0) is 11.8 Å². The summed E-state index contributed by atoms with van der Waals surface area (Å²) in [4.78, 5) is 59.3. The minimum Gasteiger partial charge on any atom is -0.481 e. The first-order valence-electron chi connectivity index (χ1n) is 9.57. The molecule has 0 saturated carbocycles. The van der Waals surface area contributed by atoms with E-state index in [4.69, 9.17) is 10.8 Å². The number of hydrogen-bond donors (Lipinski definition) is 7. The first kappa shape index (κ1) is 27.7. The third-order valence-corrected chi connectivity index (χ3v) is 4.94. The Bertz CT molecular complexity index is 644. The highest BCUT2D eigenvalue weighted by Crippen LogP contribution is 2.10. The maximum atomic E-state index is 12.6. The van der Waals surface area contributed by atoms with Crippen molar-refractivity contribution in [2.24, 2.45) is 17.6 Å². The predicted octanol–water partition coefficient (Wildman–Crippen LogP) is -1.04. The van der Waals surface area contributed by atoms with Gasteiger partial charge in [-0.1, -0.05) is 34.1 Å². The molecular formula is C18H32N4O7S. The van der Waals surface area contributed by atoms with Gasteiger partial charge in [0.2, 0.25) is 17.7 Å². The monoisotopic (exact) mass is 448 g/mol. The van der Waals surface area contributed by atoms with E-state index < -0.39 is 60.2 Å². The Morgan fingerprint density at radius 1 is 0.900 bits per heavy atom. The van der Waals surface area contributed by atoms with Crippen molar-refractivity contribution in [3.63, 3.8) is 0 Å². The Kier molecular flexibility index (Phi) is 12.0. The molecule has 0 bridgehead atoms. The molecule has 0 aliphatic carbocycles. The van der Waals surface area contributed by atoms with Gasteiger partial charge < -0.3 is 31.9 Å². The van der Waals surface area contributed by atoms with Gasteiger partial charge >= 0.3 is 11.9 Å². The zero-order valence-electron chi connectivity index (χ0n) is 17.5. The van der Waals surface area contributed by atoms with Crippen molar-refractivity contribution in [1.29, 1.82) is 0 Å². The quantitative estimate of drug-likeness (QED) is 0.174. The molecule has 0 rings (SSSR count). The predicted molar refractivity (Wildman–Crippen MR) is 112 cm³/mol. The molecule has 0 saturated heterocycles. The minimum atomic E-state index is -1.35. The number of nitrogens with two attached hydrogens (primary N) is 1. The standard InChI is InChI=1S/C18H32N4O7S/c1-5-9(4)14(18(28)29)22-17(27)13(8(2)3)21-16(26)11(7-30)20-15(25)10(19)6-12(23)24/h8-11,13-14,30H,5-7,19H2,1-4H3,(H,20,25)(H,21,26)(H,22,27)(H,23,24)(H,28,29). The number of thiol groups is 1. The Hall–Kier alpha value is -2.34. The lowest BCUT2D eigenvalue weighted by atomic mass is 9.97. The topological polar surface area (TPSA) is 188 Å². The van der Waals surface area contributed by atoms with Gasteiger partial charge in [-0.15, -0.1) is 0 Å². The van der Waals surface area contributed by atoms with Crippen LogP contribution >= 0.6 is 12.6 Å². The summed E-state index contributed by atoms with van der Waals surface area (Å²) in [7, 11) is 0. The molecule has 0 aromatic carbocycles. The van der Waals surface area contributed by atoms with Crippen LogP contribution < -0.4 is 21.7 Å². The van der Waals surface area contributed by atoms with Gasteiger partial charge in [-0.25, -0.2) is 4.79 Å². The summed E-state index contributed by atoms with van der Waals surface area (Å²) in [6.45, 7) is 6.82. The van der Waals surface area contributed by atoms with Gasteiger partial charge in [0.1, 0.15) is 18.1 Å². The Morgan fingerprint density at radius 3 is 1.83 bits per heavy atom.